The van der Waals surface area contributed by atoms with Crippen LogP contribution in [0.2, 0.25) is 0 Å². The lowest BCUT2D eigenvalue weighted by molar-refractivity contribution is 0.220. The minimum Gasteiger partial charge on any atom is -0.472 e. The Morgan fingerprint density at radius 1 is 1.00 bits per heavy atom. The number of furan rings is 1. The van der Waals surface area contributed by atoms with Crippen LogP contribution in [0.3, 0.4) is 0 Å². The normalized spacial score (nSPS) is 14.6. The summed E-state index contributed by atoms with van der Waals surface area (Å²) in [6, 6.07) is 9.42. The Morgan fingerprint density at radius 3 is 2.78 bits per heavy atom. The number of nitrogens with one attached hydrogen (secondary N) is 2. The van der Waals surface area contributed by atoms with E-state index in [-0.39, 0.29) is 5.82 Å². The molecule has 1 saturated heterocycles. The standard InChI is InChI=1S/C28H24FN7O/c29-24-20(19-12-17(13-30-14-19)15-36-9-2-1-3-10-36)4-5-22-23(24)26(35-34-22)28-32-25-21(18-7-11-37-16-18)6-8-31-27(25)33-28/h4-8,11-14,16H,1-3,9-10,15H2,(H,34,35)(H,31,32,33). The first-order valence-corrected chi connectivity index (χ1v) is 12.5. The van der Waals surface area contributed by atoms with Gasteiger partial charge in [0.05, 0.1) is 28.9 Å². The van der Waals surface area contributed by atoms with Crippen LogP contribution in [0.5, 0.6) is 0 Å². The van der Waals surface area contributed by atoms with Crippen molar-refractivity contribution in [1.29, 1.82) is 0 Å². The molecule has 9 heteroatoms. The number of benzene rings is 1. The number of imidazole rings is 1. The van der Waals surface area contributed by atoms with E-state index in [1.807, 2.05) is 30.5 Å². The van der Waals surface area contributed by atoms with Crippen molar-refractivity contribution in [3.8, 4) is 33.8 Å². The first kappa shape index (κ1) is 21.9. The van der Waals surface area contributed by atoms with Crippen LogP contribution < -0.4 is 0 Å². The maximum absolute atomic E-state index is 16.1. The molecule has 5 aromatic heterocycles. The Kier molecular flexibility index (Phi) is 5.28. The zero-order valence-corrected chi connectivity index (χ0v) is 20.0. The molecule has 0 aliphatic carbocycles. The highest BCUT2D eigenvalue weighted by Crippen LogP contribution is 2.35. The molecule has 2 N–H and O–H groups in total. The van der Waals surface area contributed by atoms with Gasteiger partial charge in [-0.3, -0.25) is 15.0 Å². The van der Waals surface area contributed by atoms with E-state index >= 15 is 4.39 Å². The van der Waals surface area contributed by atoms with Gasteiger partial charge in [-0.25, -0.2) is 14.4 Å². The van der Waals surface area contributed by atoms with Crippen LogP contribution in [-0.2, 0) is 6.54 Å². The molecule has 37 heavy (non-hydrogen) atoms. The number of rotatable bonds is 5. The Labute approximate surface area is 211 Å². The number of H-pyrrole nitrogens is 2. The van der Waals surface area contributed by atoms with E-state index in [1.165, 1.54) is 19.3 Å². The average molecular weight is 494 g/mol. The van der Waals surface area contributed by atoms with Gasteiger partial charge in [0.1, 0.15) is 11.5 Å². The monoisotopic (exact) mass is 493 g/mol. The second kappa shape index (κ2) is 8.94. The first-order chi connectivity index (χ1) is 18.2. The number of hydrogen-bond donors (Lipinski definition) is 2. The summed E-state index contributed by atoms with van der Waals surface area (Å²) >= 11 is 0. The van der Waals surface area contributed by atoms with Crippen LogP contribution in [-0.4, -0.2) is 48.1 Å². The molecule has 184 valence electrons. The third-order valence-electron chi connectivity index (χ3n) is 7.08. The topological polar surface area (TPSA) is 99.5 Å². The summed E-state index contributed by atoms with van der Waals surface area (Å²) in [5.41, 5.74) is 6.37. The molecule has 0 spiro atoms. The van der Waals surface area contributed by atoms with Gasteiger partial charge < -0.3 is 9.40 Å². The summed E-state index contributed by atoms with van der Waals surface area (Å²) in [6.45, 7) is 3.02. The van der Waals surface area contributed by atoms with Crippen molar-refractivity contribution in [3.63, 3.8) is 0 Å². The SMILES string of the molecule is Fc1c(-c2cncc(CN3CCCCC3)c2)ccc2[nH]nc(-c3nc4nccc(-c5ccoc5)c4[nH]3)c12. The molecular weight excluding hydrogens is 469 g/mol. The molecule has 0 radical (unpaired) electrons. The van der Waals surface area contributed by atoms with Crippen LogP contribution in [0, 0.1) is 5.82 Å². The minimum absolute atomic E-state index is 0.360. The molecule has 1 aromatic carbocycles. The molecule has 7 rings (SSSR count). The van der Waals surface area contributed by atoms with Crippen molar-refractivity contribution >= 4 is 22.1 Å². The molecule has 0 amide bonds. The quantitative estimate of drug-likeness (QED) is 0.308. The third kappa shape index (κ3) is 3.88. The van der Waals surface area contributed by atoms with E-state index < -0.39 is 0 Å². The summed E-state index contributed by atoms with van der Waals surface area (Å²) in [6.07, 6.45) is 12.3. The summed E-state index contributed by atoms with van der Waals surface area (Å²) < 4.78 is 21.4. The molecule has 0 atom stereocenters. The van der Waals surface area contributed by atoms with E-state index in [4.69, 9.17) is 4.42 Å². The fraction of sp³-hybridized carbons (Fsp3) is 0.214. The highest BCUT2D eigenvalue weighted by atomic mass is 19.1. The maximum atomic E-state index is 16.1. The molecule has 0 bridgehead atoms. The predicted molar refractivity (Wildman–Crippen MR) is 139 cm³/mol. The lowest BCUT2D eigenvalue weighted by Crippen LogP contribution is -2.29. The van der Waals surface area contributed by atoms with Gasteiger partial charge in [-0.2, -0.15) is 5.10 Å². The summed E-state index contributed by atoms with van der Waals surface area (Å²) in [5, 5.41) is 7.74. The molecule has 0 unspecified atom stereocenters. The second-order valence-corrected chi connectivity index (χ2v) is 9.50. The summed E-state index contributed by atoms with van der Waals surface area (Å²) in [7, 11) is 0. The summed E-state index contributed by atoms with van der Waals surface area (Å²) in [4.78, 5) is 19.2. The molecule has 1 fully saturated rings. The minimum atomic E-state index is -0.360. The van der Waals surface area contributed by atoms with Crippen molar-refractivity contribution < 1.29 is 8.81 Å². The number of aromatic amines is 2. The largest absolute Gasteiger partial charge is 0.472 e. The van der Waals surface area contributed by atoms with Gasteiger partial charge in [-0.1, -0.05) is 6.42 Å². The number of nitrogens with zero attached hydrogens (tertiary/aromatic N) is 5. The van der Waals surface area contributed by atoms with Gasteiger partial charge in [-0.15, -0.1) is 0 Å². The summed E-state index contributed by atoms with van der Waals surface area (Å²) in [5.74, 6) is 0.0827. The van der Waals surface area contributed by atoms with Gasteiger partial charge in [0.15, 0.2) is 11.5 Å². The van der Waals surface area contributed by atoms with Crippen LogP contribution in [0.1, 0.15) is 24.8 Å². The maximum Gasteiger partial charge on any atom is 0.178 e. The molecule has 1 aliphatic rings. The molecule has 0 saturated carbocycles. The number of pyridine rings is 2. The molecular formula is C28H24FN7O. The van der Waals surface area contributed by atoms with Crippen LogP contribution >= 0.6 is 0 Å². The molecule has 8 nitrogen and oxygen atoms in total. The van der Waals surface area contributed by atoms with Gasteiger partial charge in [0.2, 0.25) is 0 Å². The lowest BCUT2D eigenvalue weighted by Gasteiger charge is -2.26. The highest BCUT2D eigenvalue weighted by molar-refractivity contribution is 5.97. The zero-order valence-electron chi connectivity index (χ0n) is 20.0. The Hall–Kier alpha value is -4.37. The number of fused-ring (bicyclic) bond motifs is 2. The highest BCUT2D eigenvalue weighted by Gasteiger charge is 2.21. The Morgan fingerprint density at radius 2 is 1.92 bits per heavy atom. The Bertz CT molecular complexity index is 1710. The van der Waals surface area contributed by atoms with Crippen LogP contribution in [0.25, 0.3) is 55.8 Å². The third-order valence-corrected chi connectivity index (χ3v) is 7.08. The van der Waals surface area contributed by atoms with Gasteiger partial charge >= 0.3 is 0 Å². The predicted octanol–water partition coefficient (Wildman–Crippen LogP) is 5.95. The average Bonchev–Trinajstić information content (AvgIpc) is 3.69. The van der Waals surface area contributed by atoms with E-state index in [1.54, 1.807) is 31.0 Å². The smallest absolute Gasteiger partial charge is 0.178 e. The van der Waals surface area contributed by atoms with Crippen molar-refractivity contribution in [2.24, 2.45) is 0 Å². The van der Waals surface area contributed by atoms with E-state index in [2.05, 4.69) is 35.0 Å². The van der Waals surface area contributed by atoms with Crippen LogP contribution in [0.4, 0.5) is 4.39 Å². The molecule has 6 heterocycles. The number of halogens is 1. The van der Waals surface area contributed by atoms with Gasteiger partial charge in [0, 0.05) is 47.4 Å². The van der Waals surface area contributed by atoms with Crippen molar-refractivity contribution in [2.45, 2.75) is 25.8 Å². The number of likely N-dealkylation sites (tertiary alicyclic amines) is 1. The van der Waals surface area contributed by atoms with Crippen molar-refractivity contribution in [3.05, 3.63) is 72.8 Å². The fourth-order valence-electron chi connectivity index (χ4n) is 5.25. The first-order valence-electron chi connectivity index (χ1n) is 12.5. The number of aromatic nitrogens is 6. The number of hydrogen-bond acceptors (Lipinski definition) is 6. The zero-order chi connectivity index (χ0) is 24.8. The van der Waals surface area contributed by atoms with Crippen molar-refractivity contribution in [2.75, 3.05) is 13.1 Å². The van der Waals surface area contributed by atoms with E-state index in [9.17, 15) is 0 Å². The van der Waals surface area contributed by atoms with Gasteiger partial charge in [0.25, 0.3) is 0 Å². The fourth-order valence-corrected chi connectivity index (χ4v) is 5.25. The van der Waals surface area contributed by atoms with Crippen LogP contribution in [0.15, 0.2) is 65.9 Å². The van der Waals surface area contributed by atoms with E-state index in [0.717, 1.165) is 47.4 Å². The Balaban J connectivity index is 1.30. The lowest BCUT2D eigenvalue weighted by atomic mass is 10.0. The van der Waals surface area contributed by atoms with Crippen molar-refractivity contribution in [1.82, 2.24) is 35.0 Å². The second-order valence-electron chi connectivity index (χ2n) is 9.50. The number of piperidine rings is 1. The molecule has 1 aliphatic heterocycles. The molecule has 6 aromatic rings. The van der Waals surface area contributed by atoms with E-state index in [0.29, 0.717) is 33.6 Å². The van der Waals surface area contributed by atoms with Gasteiger partial charge in [-0.05, 0) is 61.8 Å².